The van der Waals surface area contributed by atoms with Gasteiger partial charge >= 0.3 is 0 Å². The Morgan fingerprint density at radius 2 is 1.75 bits per heavy atom. The standard InChI is InChI=1S/C14H9Cl2N3O/c15-10-4-3-5-11(16)9(10)8-14(20)19-13-7-2-1-6-12(13)17-18-19/h1-7H,8H2. The zero-order chi connectivity index (χ0) is 14.1. The van der Waals surface area contributed by atoms with Gasteiger partial charge in [-0.25, -0.2) is 0 Å². The predicted octanol–water partition coefficient (Wildman–Crippen LogP) is 3.62. The first kappa shape index (κ1) is 13.1. The molecule has 2 aromatic carbocycles. The summed E-state index contributed by atoms with van der Waals surface area (Å²) in [7, 11) is 0. The molecule has 0 aliphatic rings. The third kappa shape index (κ3) is 2.28. The van der Waals surface area contributed by atoms with Gasteiger partial charge in [-0.1, -0.05) is 46.6 Å². The molecule has 6 heteroatoms. The molecule has 0 atom stereocenters. The maximum atomic E-state index is 12.3. The fourth-order valence-electron chi connectivity index (χ4n) is 1.98. The van der Waals surface area contributed by atoms with Gasteiger partial charge in [-0.05, 0) is 29.8 Å². The number of rotatable bonds is 2. The summed E-state index contributed by atoms with van der Waals surface area (Å²) in [5.41, 5.74) is 1.94. The van der Waals surface area contributed by atoms with E-state index in [0.717, 1.165) is 0 Å². The third-order valence-electron chi connectivity index (χ3n) is 2.98. The van der Waals surface area contributed by atoms with E-state index >= 15 is 0 Å². The van der Waals surface area contributed by atoms with Gasteiger partial charge < -0.3 is 0 Å². The van der Waals surface area contributed by atoms with Gasteiger partial charge in [0.25, 0.3) is 5.91 Å². The first-order valence-corrected chi connectivity index (χ1v) is 6.69. The van der Waals surface area contributed by atoms with Crippen LogP contribution in [0, 0.1) is 0 Å². The second-order valence-corrected chi connectivity index (χ2v) is 5.08. The summed E-state index contributed by atoms with van der Waals surface area (Å²) >= 11 is 12.1. The van der Waals surface area contributed by atoms with Crippen molar-refractivity contribution in [1.82, 2.24) is 15.0 Å². The molecular weight excluding hydrogens is 297 g/mol. The van der Waals surface area contributed by atoms with Crippen molar-refractivity contribution >= 4 is 40.1 Å². The van der Waals surface area contributed by atoms with E-state index in [-0.39, 0.29) is 12.3 Å². The van der Waals surface area contributed by atoms with Crippen LogP contribution >= 0.6 is 23.2 Å². The normalized spacial score (nSPS) is 10.9. The van der Waals surface area contributed by atoms with Crippen LogP contribution in [-0.2, 0) is 6.42 Å². The van der Waals surface area contributed by atoms with Gasteiger partial charge in [-0.2, -0.15) is 4.68 Å². The lowest BCUT2D eigenvalue weighted by molar-refractivity contribution is 0.0901. The highest BCUT2D eigenvalue weighted by Crippen LogP contribution is 2.25. The van der Waals surface area contributed by atoms with Gasteiger partial charge in [0.15, 0.2) is 0 Å². The predicted molar refractivity (Wildman–Crippen MR) is 78.3 cm³/mol. The first-order chi connectivity index (χ1) is 9.66. The summed E-state index contributed by atoms with van der Waals surface area (Å²) in [6.45, 7) is 0. The Labute approximate surface area is 124 Å². The highest BCUT2D eigenvalue weighted by molar-refractivity contribution is 6.36. The maximum absolute atomic E-state index is 12.3. The number of halogens is 2. The number of para-hydroxylation sites is 1. The van der Waals surface area contributed by atoms with Gasteiger partial charge in [0.1, 0.15) is 5.52 Å². The lowest BCUT2D eigenvalue weighted by Gasteiger charge is -2.06. The third-order valence-corrected chi connectivity index (χ3v) is 3.69. The number of carbonyl (C=O) groups is 1. The first-order valence-electron chi connectivity index (χ1n) is 5.93. The molecule has 3 rings (SSSR count). The molecule has 1 aromatic heterocycles. The van der Waals surface area contributed by atoms with Crippen LogP contribution in [0.5, 0.6) is 0 Å². The number of carbonyl (C=O) groups excluding carboxylic acids is 1. The van der Waals surface area contributed by atoms with Gasteiger partial charge in [0, 0.05) is 10.0 Å². The molecule has 3 aromatic rings. The van der Waals surface area contributed by atoms with Gasteiger partial charge in [-0.3, -0.25) is 4.79 Å². The molecule has 0 spiro atoms. The molecule has 0 fully saturated rings. The number of benzene rings is 2. The minimum absolute atomic E-state index is 0.0753. The largest absolute Gasteiger partial charge is 0.272 e. The number of aromatic nitrogens is 3. The molecule has 4 nitrogen and oxygen atoms in total. The molecule has 20 heavy (non-hydrogen) atoms. The van der Waals surface area contributed by atoms with E-state index in [1.54, 1.807) is 30.3 Å². The van der Waals surface area contributed by atoms with Crippen molar-refractivity contribution in [2.75, 3.05) is 0 Å². The Hall–Kier alpha value is -1.91. The van der Waals surface area contributed by atoms with E-state index in [1.165, 1.54) is 4.68 Å². The van der Waals surface area contributed by atoms with Crippen molar-refractivity contribution in [1.29, 1.82) is 0 Å². The summed E-state index contributed by atoms with van der Waals surface area (Å²) in [4.78, 5) is 12.3. The highest BCUT2D eigenvalue weighted by Gasteiger charge is 2.15. The molecular formula is C14H9Cl2N3O. The van der Waals surface area contributed by atoms with Crippen molar-refractivity contribution < 1.29 is 4.79 Å². The zero-order valence-electron chi connectivity index (χ0n) is 10.3. The van der Waals surface area contributed by atoms with Crippen molar-refractivity contribution in [3.8, 4) is 0 Å². The molecule has 0 N–H and O–H groups in total. The van der Waals surface area contributed by atoms with Crippen LogP contribution in [-0.4, -0.2) is 20.9 Å². The minimum Gasteiger partial charge on any atom is -0.272 e. The van der Waals surface area contributed by atoms with Gasteiger partial charge in [0.2, 0.25) is 0 Å². The van der Waals surface area contributed by atoms with E-state index in [1.807, 2.05) is 12.1 Å². The highest BCUT2D eigenvalue weighted by atomic mass is 35.5. The SMILES string of the molecule is O=C(Cc1c(Cl)cccc1Cl)n1nnc2ccccc21. The van der Waals surface area contributed by atoms with Crippen molar-refractivity contribution in [2.24, 2.45) is 0 Å². The summed E-state index contributed by atoms with van der Waals surface area (Å²) in [5.74, 6) is -0.228. The monoisotopic (exact) mass is 305 g/mol. The summed E-state index contributed by atoms with van der Waals surface area (Å²) in [5, 5.41) is 8.77. The van der Waals surface area contributed by atoms with Crippen molar-refractivity contribution in [3.63, 3.8) is 0 Å². The van der Waals surface area contributed by atoms with E-state index in [2.05, 4.69) is 10.3 Å². The van der Waals surface area contributed by atoms with Gasteiger partial charge in [0.05, 0.1) is 11.9 Å². The Morgan fingerprint density at radius 3 is 2.50 bits per heavy atom. The Kier molecular flexibility index (Phi) is 3.42. The Balaban J connectivity index is 1.98. The van der Waals surface area contributed by atoms with E-state index < -0.39 is 0 Å². The molecule has 0 bridgehead atoms. The van der Waals surface area contributed by atoms with Crippen molar-refractivity contribution in [2.45, 2.75) is 6.42 Å². The summed E-state index contributed by atoms with van der Waals surface area (Å²) < 4.78 is 1.27. The van der Waals surface area contributed by atoms with Crippen LogP contribution in [0.4, 0.5) is 0 Å². The number of fused-ring (bicyclic) bond motifs is 1. The van der Waals surface area contributed by atoms with Crippen molar-refractivity contribution in [3.05, 3.63) is 58.1 Å². The average Bonchev–Trinajstić information content (AvgIpc) is 2.87. The smallest absolute Gasteiger partial charge is 0.253 e. The molecule has 0 radical (unpaired) electrons. The number of hydrogen-bond acceptors (Lipinski definition) is 3. The average molecular weight is 306 g/mol. The number of hydrogen-bond donors (Lipinski definition) is 0. The lowest BCUT2D eigenvalue weighted by atomic mass is 10.1. The molecule has 0 aliphatic carbocycles. The van der Waals surface area contributed by atoms with Crippen LogP contribution in [0.2, 0.25) is 10.0 Å². The second kappa shape index (κ2) is 5.23. The van der Waals surface area contributed by atoms with Crippen LogP contribution in [0.3, 0.4) is 0 Å². The molecule has 0 aliphatic heterocycles. The van der Waals surface area contributed by atoms with E-state index in [9.17, 15) is 4.79 Å². The molecule has 1 heterocycles. The van der Waals surface area contributed by atoms with E-state index in [0.29, 0.717) is 26.6 Å². The van der Waals surface area contributed by atoms with Gasteiger partial charge in [-0.15, -0.1) is 5.10 Å². The van der Waals surface area contributed by atoms with Crippen LogP contribution in [0.1, 0.15) is 10.4 Å². The topological polar surface area (TPSA) is 47.8 Å². The fraction of sp³-hybridized carbons (Fsp3) is 0.0714. The zero-order valence-corrected chi connectivity index (χ0v) is 11.8. The molecule has 0 amide bonds. The number of nitrogens with zero attached hydrogens (tertiary/aromatic N) is 3. The quantitative estimate of drug-likeness (QED) is 0.726. The van der Waals surface area contributed by atoms with Crippen LogP contribution in [0.15, 0.2) is 42.5 Å². The molecule has 0 saturated heterocycles. The molecule has 0 unspecified atom stereocenters. The second-order valence-electron chi connectivity index (χ2n) is 4.26. The Bertz CT molecular complexity index is 778. The maximum Gasteiger partial charge on any atom is 0.253 e. The van der Waals surface area contributed by atoms with E-state index in [4.69, 9.17) is 23.2 Å². The van der Waals surface area contributed by atoms with Crippen LogP contribution in [0.25, 0.3) is 11.0 Å². The summed E-state index contributed by atoms with van der Waals surface area (Å²) in [6.07, 6.45) is 0.0753. The Morgan fingerprint density at radius 1 is 1.05 bits per heavy atom. The lowest BCUT2D eigenvalue weighted by Crippen LogP contribution is -2.15. The fourth-order valence-corrected chi connectivity index (χ4v) is 2.51. The molecule has 100 valence electrons. The molecule has 0 saturated carbocycles. The summed E-state index contributed by atoms with van der Waals surface area (Å²) in [6, 6.07) is 12.4. The minimum atomic E-state index is -0.228. The van der Waals surface area contributed by atoms with Crippen LogP contribution < -0.4 is 0 Å².